The van der Waals surface area contributed by atoms with Crippen LogP contribution >= 0.6 is 0 Å². The Bertz CT molecular complexity index is 1070. The number of pyridine rings is 1. The predicted octanol–water partition coefficient (Wildman–Crippen LogP) is 1.46. The van der Waals surface area contributed by atoms with E-state index in [1.54, 1.807) is 30.6 Å². The van der Waals surface area contributed by atoms with Crippen LogP contribution in [0.5, 0.6) is 5.75 Å². The molecule has 0 spiro atoms. The van der Waals surface area contributed by atoms with E-state index in [1.807, 2.05) is 17.0 Å². The number of hydrogen-bond donors (Lipinski definition) is 2. The van der Waals surface area contributed by atoms with Gasteiger partial charge in [-0.25, -0.2) is 0 Å². The molecule has 0 saturated carbocycles. The fourth-order valence-corrected chi connectivity index (χ4v) is 4.65. The van der Waals surface area contributed by atoms with E-state index < -0.39 is 10.2 Å². The molecule has 1 unspecified atom stereocenters. The number of rotatable bonds is 5. The lowest BCUT2D eigenvalue weighted by Gasteiger charge is -2.36. The van der Waals surface area contributed by atoms with Crippen molar-refractivity contribution >= 4 is 27.6 Å². The normalized spacial score (nSPS) is 19.9. The molecule has 3 N–H and O–H groups in total. The van der Waals surface area contributed by atoms with E-state index in [4.69, 9.17) is 10.5 Å². The molecule has 1 saturated heterocycles. The summed E-state index contributed by atoms with van der Waals surface area (Å²) in [6.45, 7) is 0.971. The standard InChI is InChI=1S/C20H23N5O4S/c21-20-19-16(23-30(27,28)24-20)7-3-8-17(19)29-13-15-6-1-2-10-25(15)18(26)11-14-5-4-9-22-12-14/h3-5,7-9,12,15,23H,1-2,6,10-11,13H2,(H2,21,24). The van der Waals surface area contributed by atoms with Gasteiger partial charge in [-0.3, -0.25) is 14.5 Å². The van der Waals surface area contributed by atoms with Gasteiger partial charge in [0.05, 0.1) is 23.7 Å². The third-order valence-electron chi connectivity index (χ3n) is 5.20. The molecule has 2 aliphatic rings. The zero-order valence-corrected chi connectivity index (χ0v) is 17.1. The molecule has 10 heteroatoms. The van der Waals surface area contributed by atoms with E-state index in [1.165, 1.54) is 0 Å². The van der Waals surface area contributed by atoms with Gasteiger partial charge < -0.3 is 15.4 Å². The first-order valence-electron chi connectivity index (χ1n) is 9.76. The number of hydrogen-bond acceptors (Lipinski definition) is 6. The number of nitrogens with zero attached hydrogens (tertiary/aromatic N) is 3. The average molecular weight is 430 g/mol. The summed E-state index contributed by atoms with van der Waals surface area (Å²) in [5.74, 6) is 0.356. The molecule has 0 aliphatic carbocycles. The summed E-state index contributed by atoms with van der Waals surface area (Å²) in [6, 6.07) is 8.63. The van der Waals surface area contributed by atoms with Crippen molar-refractivity contribution in [1.82, 2.24) is 9.88 Å². The molecule has 1 amide bonds. The topological polar surface area (TPSA) is 127 Å². The number of nitrogens with one attached hydrogen (secondary N) is 1. The molecule has 2 aliphatic heterocycles. The second-order valence-electron chi connectivity index (χ2n) is 7.32. The van der Waals surface area contributed by atoms with E-state index in [2.05, 4.69) is 14.1 Å². The van der Waals surface area contributed by atoms with E-state index >= 15 is 0 Å². The van der Waals surface area contributed by atoms with Crippen LogP contribution in [0.2, 0.25) is 0 Å². The van der Waals surface area contributed by atoms with Crippen molar-refractivity contribution in [3.63, 3.8) is 0 Å². The number of fused-ring (bicyclic) bond motifs is 1. The lowest BCUT2D eigenvalue weighted by atomic mass is 10.0. The summed E-state index contributed by atoms with van der Waals surface area (Å²) in [5.41, 5.74) is 7.49. The third kappa shape index (κ3) is 4.38. The largest absolute Gasteiger partial charge is 0.491 e. The number of nitrogens with two attached hydrogens (primary N) is 1. The Labute approximate surface area is 175 Å². The van der Waals surface area contributed by atoms with Gasteiger partial charge in [-0.05, 0) is 43.0 Å². The summed E-state index contributed by atoms with van der Waals surface area (Å²) < 4.78 is 35.4. The number of amidine groups is 1. The van der Waals surface area contributed by atoms with E-state index in [9.17, 15) is 13.2 Å². The van der Waals surface area contributed by atoms with Gasteiger partial charge in [0.15, 0.2) is 5.84 Å². The molecular weight excluding hydrogens is 406 g/mol. The zero-order chi connectivity index (χ0) is 21.1. The minimum atomic E-state index is -3.85. The Morgan fingerprint density at radius 1 is 1.27 bits per heavy atom. The van der Waals surface area contributed by atoms with Gasteiger partial charge in [-0.1, -0.05) is 12.1 Å². The number of carbonyl (C=O) groups excluding carboxylic acids is 1. The molecule has 1 fully saturated rings. The Balaban J connectivity index is 1.48. The van der Waals surface area contributed by atoms with Crippen LogP contribution in [-0.4, -0.2) is 49.2 Å². The summed E-state index contributed by atoms with van der Waals surface area (Å²) in [5, 5.41) is 0. The molecule has 9 nitrogen and oxygen atoms in total. The molecule has 158 valence electrons. The fourth-order valence-electron chi connectivity index (χ4n) is 3.80. The van der Waals surface area contributed by atoms with Crippen LogP contribution in [0.4, 0.5) is 5.69 Å². The highest BCUT2D eigenvalue weighted by molar-refractivity contribution is 7.91. The highest BCUT2D eigenvalue weighted by atomic mass is 32.2. The Morgan fingerprint density at radius 3 is 2.93 bits per heavy atom. The Morgan fingerprint density at radius 2 is 2.13 bits per heavy atom. The van der Waals surface area contributed by atoms with Gasteiger partial charge in [0, 0.05) is 18.9 Å². The van der Waals surface area contributed by atoms with Crippen LogP contribution in [0.15, 0.2) is 47.1 Å². The first-order chi connectivity index (χ1) is 14.4. The van der Waals surface area contributed by atoms with Gasteiger partial charge in [-0.15, -0.1) is 4.40 Å². The maximum Gasteiger partial charge on any atom is 0.344 e. The van der Waals surface area contributed by atoms with Crippen molar-refractivity contribution in [3.8, 4) is 5.75 Å². The van der Waals surface area contributed by atoms with Crippen molar-refractivity contribution in [2.45, 2.75) is 31.7 Å². The van der Waals surface area contributed by atoms with Crippen LogP contribution in [0.25, 0.3) is 0 Å². The predicted molar refractivity (Wildman–Crippen MR) is 112 cm³/mol. The van der Waals surface area contributed by atoms with E-state index in [0.29, 0.717) is 30.0 Å². The highest BCUT2D eigenvalue weighted by Crippen LogP contribution is 2.31. The molecular formula is C20H23N5O4S. The Hall–Kier alpha value is -3.14. The summed E-state index contributed by atoms with van der Waals surface area (Å²) >= 11 is 0. The van der Waals surface area contributed by atoms with Gasteiger partial charge in [0.25, 0.3) is 0 Å². The van der Waals surface area contributed by atoms with Crippen LogP contribution in [0.1, 0.15) is 30.4 Å². The minimum absolute atomic E-state index is 0.0419. The number of piperidine rings is 1. The molecule has 1 aromatic heterocycles. The SMILES string of the molecule is NC1=NS(=O)(=O)Nc2cccc(OCC3CCCCN3C(=O)Cc3cccnc3)c21. The van der Waals surface area contributed by atoms with Crippen LogP contribution in [0, 0.1) is 0 Å². The molecule has 0 radical (unpaired) electrons. The fraction of sp³-hybridized carbons (Fsp3) is 0.350. The summed E-state index contributed by atoms with van der Waals surface area (Å²) in [7, 11) is -3.85. The quantitative estimate of drug-likeness (QED) is 0.741. The molecule has 2 aromatic rings. The van der Waals surface area contributed by atoms with Gasteiger partial charge in [-0.2, -0.15) is 8.42 Å². The van der Waals surface area contributed by atoms with Crippen molar-refractivity contribution < 1.29 is 17.9 Å². The third-order valence-corrected chi connectivity index (χ3v) is 6.11. The Kier molecular flexibility index (Phi) is 5.58. The number of carbonyl (C=O) groups is 1. The summed E-state index contributed by atoms with van der Waals surface area (Å²) in [4.78, 5) is 18.8. The maximum absolute atomic E-state index is 12.9. The number of aromatic nitrogens is 1. The first kappa shape index (κ1) is 20.1. The van der Waals surface area contributed by atoms with Crippen LogP contribution in [0.3, 0.4) is 0 Å². The second-order valence-corrected chi connectivity index (χ2v) is 8.65. The molecule has 4 rings (SSSR count). The monoisotopic (exact) mass is 429 g/mol. The lowest BCUT2D eigenvalue weighted by Crippen LogP contribution is -2.47. The number of anilines is 1. The lowest BCUT2D eigenvalue weighted by molar-refractivity contribution is -0.134. The highest BCUT2D eigenvalue weighted by Gasteiger charge is 2.29. The van der Waals surface area contributed by atoms with Crippen molar-refractivity contribution in [3.05, 3.63) is 53.9 Å². The molecule has 3 heterocycles. The van der Waals surface area contributed by atoms with Gasteiger partial charge in [0.2, 0.25) is 5.91 Å². The molecule has 1 aromatic carbocycles. The van der Waals surface area contributed by atoms with Gasteiger partial charge >= 0.3 is 10.2 Å². The molecule has 1 atom stereocenters. The first-order valence-corrected chi connectivity index (χ1v) is 11.2. The van der Waals surface area contributed by atoms with Crippen molar-refractivity contribution in [2.24, 2.45) is 10.1 Å². The summed E-state index contributed by atoms with van der Waals surface area (Å²) in [6.07, 6.45) is 6.49. The minimum Gasteiger partial charge on any atom is -0.491 e. The number of benzene rings is 1. The number of amides is 1. The molecule has 0 bridgehead atoms. The zero-order valence-electron chi connectivity index (χ0n) is 16.3. The smallest absolute Gasteiger partial charge is 0.344 e. The average Bonchev–Trinajstić information content (AvgIpc) is 2.72. The number of ether oxygens (including phenoxy) is 1. The molecule has 30 heavy (non-hydrogen) atoms. The van der Waals surface area contributed by atoms with Crippen molar-refractivity contribution in [2.75, 3.05) is 17.9 Å². The van der Waals surface area contributed by atoms with Crippen LogP contribution in [-0.2, 0) is 21.4 Å². The number of likely N-dealkylation sites (tertiary alicyclic amines) is 1. The van der Waals surface area contributed by atoms with E-state index in [-0.39, 0.29) is 24.4 Å². The maximum atomic E-state index is 12.9. The van der Waals surface area contributed by atoms with Gasteiger partial charge in [0.1, 0.15) is 12.4 Å². The van der Waals surface area contributed by atoms with Crippen molar-refractivity contribution in [1.29, 1.82) is 0 Å². The van der Waals surface area contributed by atoms with E-state index in [0.717, 1.165) is 24.8 Å². The van der Waals surface area contributed by atoms with Crippen LogP contribution < -0.4 is 15.2 Å². The second kappa shape index (κ2) is 8.31.